The lowest BCUT2D eigenvalue weighted by Crippen LogP contribution is -2.21. The Hall–Kier alpha value is -1.17. The second-order valence-corrected chi connectivity index (χ2v) is 5.44. The van der Waals surface area contributed by atoms with Crippen LogP contribution in [-0.2, 0) is 19.1 Å². The Bertz CT molecular complexity index is 533. The first-order valence-electron chi connectivity index (χ1n) is 6.52. The Morgan fingerprint density at radius 3 is 2.27 bits per heavy atom. The molecule has 0 bridgehead atoms. The highest BCUT2D eigenvalue weighted by atomic mass is 35.5. The Kier molecular flexibility index (Phi) is 8.38. The quantitative estimate of drug-likeness (QED) is 0.395. The molecule has 0 aliphatic carbocycles. The van der Waals surface area contributed by atoms with Gasteiger partial charge in [-0.3, -0.25) is 0 Å². The molecule has 0 radical (unpaired) electrons. The summed E-state index contributed by atoms with van der Waals surface area (Å²) in [6, 6.07) is 2.79. The van der Waals surface area contributed by atoms with E-state index >= 15 is 0 Å². The Morgan fingerprint density at radius 1 is 0.955 bits per heavy atom. The summed E-state index contributed by atoms with van der Waals surface area (Å²) in [5.41, 5.74) is 0. The fraction of sp³-hybridized carbons (Fsp3) is 0.429. The third-order valence-electron chi connectivity index (χ3n) is 2.43. The molecule has 122 valence electrons. The van der Waals surface area contributed by atoms with E-state index in [9.17, 15) is 9.59 Å². The SMILES string of the molecule is CCCCOC(=O)COC(=O)COc1cc(Cl)c(Cl)cc1Cl. The highest BCUT2D eigenvalue weighted by Crippen LogP contribution is 2.33. The van der Waals surface area contributed by atoms with Crippen LogP contribution in [0.5, 0.6) is 5.75 Å². The number of halogens is 3. The van der Waals surface area contributed by atoms with E-state index in [1.165, 1.54) is 12.1 Å². The molecule has 0 aliphatic rings. The summed E-state index contributed by atoms with van der Waals surface area (Å²) in [7, 11) is 0. The molecule has 1 aromatic rings. The van der Waals surface area contributed by atoms with E-state index in [-0.39, 0.29) is 20.8 Å². The largest absolute Gasteiger partial charge is 0.480 e. The van der Waals surface area contributed by atoms with Crippen molar-refractivity contribution in [1.82, 2.24) is 0 Å². The lowest BCUT2D eigenvalue weighted by atomic mass is 10.3. The molecule has 8 heteroatoms. The van der Waals surface area contributed by atoms with Crippen molar-refractivity contribution in [1.29, 1.82) is 0 Å². The average Bonchev–Trinajstić information content (AvgIpc) is 2.47. The predicted molar refractivity (Wildman–Crippen MR) is 83.8 cm³/mol. The van der Waals surface area contributed by atoms with E-state index in [2.05, 4.69) is 0 Å². The lowest BCUT2D eigenvalue weighted by molar-refractivity contribution is -0.159. The van der Waals surface area contributed by atoms with Gasteiger partial charge < -0.3 is 14.2 Å². The van der Waals surface area contributed by atoms with E-state index in [1.807, 2.05) is 6.92 Å². The number of rotatable bonds is 8. The molecule has 22 heavy (non-hydrogen) atoms. The number of hydrogen-bond donors (Lipinski definition) is 0. The van der Waals surface area contributed by atoms with Crippen molar-refractivity contribution < 1.29 is 23.8 Å². The lowest BCUT2D eigenvalue weighted by Gasteiger charge is -2.09. The van der Waals surface area contributed by atoms with Crippen LogP contribution in [0.1, 0.15) is 19.8 Å². The maximum Gasteiger partial charge on any atom is 0.344 e. The summed E-state index contributed by atoms with van der Waals surface area (Å²) >= 11 is 17.5. The van der Waals surface area contributed by atoms with E-state index in [0.717, 1.165) is 12.8 Å². The number of carbonyl (C=O) groups is 2. The van der Waals surface area contributed by atoms with Gasteiger partial charge in [0.1, 0.15) is 5.75 Å². The summed E-state index contributed by atoms with van der Waals surface area (Å²) in [5.74, 6) is -1.14. The minimum atomic E-state index is -0.727. The highest BCUT2D eigenvalue weighted by Gasteiger charge is 2.12. The van der Waals surface area contributed by atoms with Crippen LogP contribution in [0, 0.1) is 0 Å². The van der Waals surface area contributed by atoms with Crippen molar-refractivity contribution in [3.63, 3.8) is 0 Å². The smallest absolute Gasteiger partial charge is 0.344 e. The topological polar surface area (TPSA) is 61.8 Å². The van der Waals surface area contributed by atoms with Crippen LogP contribution in [0.4, 0.5) is 0 Å². The molecular formula is C14H15Cl3O5. The second-order valence-electron chi connectivity index (χ2n) is 4.22. The number of unbranched alkanes of at least 4 members (excludes halogenated alkanes) is 1. The molecule has 5 nitrogen and oxygen atoms in total. The van der Waals surface area contributed by atoms with E-state index in [1.54, 1.807) is 0 Å². The molecule has 0 fully saturated rings. The zero-order valence-corrected chi connectivity index (χ0v) is 14.1. The second kappa shape index (κ2) is 9.77. The van der Waals surface area contributed by atoms with Gasteiger partial charge in [0.15, 0.2) is 13.2 Å². The van der Waals surface area contributed by atoms with Gasteiger partial charge in [0, 0.05) is 6.07 Å². The molecule has 0 amide bonds. The van der Waals surface area contributed by atoms with Crippen LogP contribution in [0.3, 0.4) is 0 Å². The van der Waals surface area contributed by atoms with Crippen molar-refractivity contribution in [3.05, 3.63) is 27.2 Å². The van der Waals surface area contributed by atoms with Gasteiger partial charge in [0.05, 0.1) is 21.7 Å². The summed E-state index contributed by atoms with van der Waals surface area (Å²) in [6.45, 7) is 1.41. The molecular weight excluding hydrogens is 355 g/mol. The minimum absolute atomic E-state index is 0.193. The molecule has 0 unspecified atom stereocenters. The Balaban J connectivity index is 2.34. The molecule has 0 N–H and O–H groups in total. The first kappa shape index (κ1) is 18.9. The summed E-state index contributed by atoms with van der Waals surface area (Å²) in [5, 5.41) is 0.728. The third-order valence-corrected chi connectivity index (χ3v) is 3.45. The molecule has 0 atom stereocenters. The zero-order valence-electron chi connectivity index (χ0n) is 11.9. The third kappa shape index (κ3) is 6.73. The number of ether oxygens (including phenoxy) is 3. The summed E-state index contributed by atoms with van der Waals surface area (Å²) < 4.78 is 14.7. The van der Waals surface area contributed by atoms with Gasteiger partial charge in [-0.15, -0.1) is 0 Å². The monoisotopic (exact) mass is 368 g/mol. The van der Waals surface area contributed by atoms with Crippen molar-refractivity contribution >= 4 is 46.7 Å². The predicted octanol–water partition coefficient (Wildman–Crippen LogP) is 3.91. The number of benzene rings is 1. The standard InChI is InChI=1S/C14H15Cl3O5/c1-2-3-4-20-13(18)8-22-14(19)7-21-12-6-10(16)9(15)5-11(12)17/h5-6H,2-4,7-8H2,1H3. The van der Waals surface area contributed by atoms with Crippen LogP contribution in [0.25, 0.3) is 0 Å². The summed E-state index contributed by atoms with van der Waals surface area (Å²) in [4.78, 5) is 22.7. The van der Waals surface area contributed by atoms with Gasteiger partial charge in [-0.25, -0.2) is 9.59 Å². The van der Waals surface area contributed by atoms with E-state index in [4.69, 9.17) is 49.0 Å². The van der Waals surface area contributed by atoms with Crippen LogP contribution >= 0.6 is 34.8 Å². The minimum Gasteiger partial charge on any atom is -0.480 e. The van der Waals surface area contributed by atoms with E-state index < -0.39 is 25.2 Å². The Morgan fingerprint density at radius 2 is 1.59 bits per heavy atom. The van der Waals surface area contributed by atoms with Crippen LogP contribution in [0.15, 0.2) is 12.1 Å². The van der Waals surface area contributed by atoms with Crippen molar-refractivity contribution in [2.75, 3.05) is 19.8 Å². The molecule has 0 aliphatic heterocycles. The van der Waals surface area contributed by atoms with Gasteiger partial charge in [-0.05, 0) is 12.5 Å². The summed E-state index contributed by atoms with van der Waals surface area (Å²) in [6.07, 6.45) is 1.67. The molecule has 0 spiro atoms. The molecule has 0 aromatic heterocycles. The fourth-order valence-corrected chi connectivity index (χ4v) is 1.90. The number of carbonyl (C=O) groups excluding carboxylic acids is 2. The molecule has 0 saturated heterocycles. The van der Waals surface area contributed by atoms with Crippen LogP contribution in [-0.4, -0.2) is 31.8 Å². The number of esters is 2. The zero-order chi connectivity index (χ0) is 16.5. The highest BCUT2D eigenvalue weighted by molar-refractivity contribution is 6.43. The molecule has 0 heterocycles. The normalized spacial score (nSPS) is 10.2. The molecule has 1 rings (SSSR count). The average molecular weight is 370 g/mol. The Labute approximate surface area is 143 Å². The molecule has 0 saturated carbocycles. The van der Waals surface area contributed by atoms with Gasteiger partial charge in [-0.2, -0.15) is 0 Å². The first-order valence-corrected chi connectivity index (χ1v) is 7.66. The van der Waals surface area contributed by atoms with Gasteiger partial charge >= 0.3 is 11.9 Å². The fourth-order valence-electron chi connectivity index (χ4n) is 1.30. The van der Waals surface area contributed by atoms with Crippen molar-refractivity contribution in [3.8, 4) is 5.75 Å². The van der Waals surface area contributed by atoms with Crippen LogP contribution in [0.2, 0.25) is 15.1 Å². The molecule has 1 aromatic carbocycles. The van der Waals surface area contributed by atoms with Crippen molar-refractivity contribution in [2.45, 2.75) is 19.8 Å². The maximum atomic E-state index is 11.5. The van der Waals surface area contributed by atoms with Crippen molar-refractivity contribution in [2.24, 2.45) is 0 Å². The van der Waals surface area contributed by atoms with Gasteiger partial charge in [-0.1, -0.05) is 48.1 Å². The van der Waals surface area contributed by atoms with Crippen LogP contribution < -0.4 is 4.74 Å². The number of hydrogen-bond acceptors (Lipinski definition) is 5. The maximum absolute atomic E-state index is 11.5. The van der Waals surface area contributed by atoms with Gasteiger partial charge in [0.25, 0.3) is 0 Å². The van der Waals surface area contributed by atoms with Gasteiger partial charge in [0.2, 0.25) is 0 Å². The first-order chi connectivity index (χ1) is 10.4. The van der Waals surface area contributed by atoms with E-state index in [0.29, 0.717) is 6.61 Å².